The molecule has 0 radical (unpaired) electrons. The summed E-state index contributed by atoms with van der Waals surface area (Å²) in [6, 6.07) is 0. The van der Waals surface area contributed by atoms with Crippen LogP contribution in [0.1, 0.15) is 25.7 Å². The van der Waals surface area contributed by atoms with Gasteiger partial charge in [-0.05, 0) is 37.5 Å². The summed E-state index contributed by atoms with van der Waals surface area (Å²) in [4.78, 5) is 0. The molecule has 0 aromatic heterocycles. The number of hydrogen-bond acceptors (Lipinski definition) is 4. The first-order chi connectivity index (χ1) is 8.34. The van der Waals surface area contributed by atoms with E-state index in [0.717, 1.165) is 38.2 Å². The average Bonchev–Trinajstić information content (AvgIpc) is 3.15. The molecule has 0 spiro atoms. The van der Waals surface area contributed by atoms with E-state index in [1.54, 1.807) is 0 Å². The number of aliphatic hydroxyl groups is 1. The average molecular weight is 243 g/mol. The standard InChI is InChI=1S/C13H25NO3/c15-13(10-17-9-12-3-4-12)7-14-5-6-16-8-11-1-2-11/h11-15H,1-10H2. The van der Waals surface area contributed by atoms with E-state index in [4.69, 9.17) is 9.47 Å². The molecule has 0 heterocycles. The number of aliphatic hydroxyl groups excluding tert-OH is 1. The lowest BCUT2D eigenvalue weighted by Gasteiger charge is -2.12. The molecule has 0 aliphatic heterocycles. The van der Waals surface area contributed by atoms with E-state index in [2.05, 4.69) is 5.32 Å². The fraction of sp³-hybridized carbons (Fsp3) is 1.00. The van der Waals surface area contributed by atoms with Gasteiger partial charge in [-0.1, -0.05) is 0 Å². The van der Waals surface area contributed by atoms with Crippen molar-refractivity contribution in [1.29, 1.82) is 0 Å². The Balaban J connectivity index is 1.30. The van der Waals surface area contributed by atoms with Crippen LogP contribution in [0.3, 0.4) is 0 Å². The molecule has 0 amide bonds. The Hall–Kier alpha value is -0.160. The number of nitrogens with one attached hydrogen (secondary N) is 1. The maximum atomic E-state index is 9.61. The third-order valence-electron chi connectivity index (χ3n) is 3.21. The van der Waals surface area contributed by atoms with Crippen molar-refractivity contribution in [2.45, 2.75) is 31.8 Å². The number of ether oxygens (including phenoxy) is 2. The molecule has 17 heavy (non-hydrogen) atoms. The molecule has 2 rings (SSSR count). The van der Waals surface area contributed by atoms with E-state index >= 15 is 0 Å². The van der Waals surface area contributed by atoms with Crippen molar-refractivity contribution in [3.05, 3.63) is 0 Å². The quantitative estimate of drug-likeness (QED) is 0.527. The topological polar surface area (TPSA) is 50.7 Å². The lowest BCUT2D eigenvalue weighted by molar-refractivity contribution is 0.0313. The first kappa shape index (κ1) is 13.3. The molecule has 2 aliphatic rings. The fourth-order valence-electron chi connectivity index (χ4n) is 1.66. The highest BCUT2D eigenvalue weighted by molar-refractivity contribution is 4.73. The third-order valence-corrected chi connectivity index (χ3v) is 3.21. The normalized spacial score (nSPS) is 21.7. The lowest BCUT2D eigenvalue weighted by atomic mass is 10.3. The van der Waals surface area contributed by atoms with Gasteiger partial charge in [-0.3, -0.25) is 0 Å². The van der Waals surface area contributed by atoms with Crippen molar-refractivity contribution >= 4 is 0 Å². The molecule has 1 atom stereocenters. The van der Waals surface area contributed by atoms with E-state index in [1.807, 2.05) is 0 Å². The van der Waals surface area contributed by atoms with Gasteiger partial charge in [-0.25, -0.2) is 0 Å². The predicted octanol–water partition coefficient (Wildman–Crippen LogP) is 0.790. The van der Waals surface area contributed by atoms with Crippen LogP contribution in [0.2, 0.25) is 0 Å². The molecule has 1 unspecified atom stereocenters. The summed E-state index contributed by atoms with van der Waals surface area (Å²) in [5.74, 6) is 1.60. The number of rotatable bonds is 11. The molecule has 2 aliphatic carbocycles. The van der Waals surface area contributed by atoms with E-state index in [1.165, 1.54) is 25.7 Å². The monoisotopic (exact) mass is 243 g/mol. The van der Waals surface area contributed by atoms with Gasteiger partial charge in [-0.15, -0.1) is 0 Å². The van der Waals surface area contributed by atoms with Crippen molar-refractivity contribution in [3.63, 3.8) is 0 Å². The van der Waals surface area contributed by atoms with Crippen LogP contribution < -0.4 is 5.32 Å². The smallest absolute Gasteiger partial charge is 0.0897 e. The van der Waals surface area contributed by atoms with Crippen LogP contribution >= 0.6 is 0 Å². The molecule has 0 aromatic carbocycles. The minimum Gasteiger partial charge on any atom is -0.389 e. The van der Waals surface area contributed by atoms with Gasteiger partial charge in [0.25, 0.3) is 0 Å². The van der Waals surface area contributed by atoms with Gasteiger partial charge in [0.15, 0.2) is 0 Å². The maximum absolute atomic E-state index is 9.61. The summed E-state index contributed by atoms with van der Waals surface area (Å²) in [6.45, 7) is 4.33. The van der Waals surface area contributed by atoms with Crippen LogP contribution in [0.5, 0.6) is 0 Å². The van der Waals surface area contributed by atoms with Crippen LogP contribution in [0.15, 0.2) is 0 Å². The summed E-state index contributed by atoms with van der Waals surface area (Å²) < 4.78 is 10.9. The Morgan fingerprint density at radius 1 is 1.06 bits per heavy atom. The zero-order chi connectivity index (χ0) is 11.9. The zero-order valence-corrected chi connectivity index (χ0v) is 10.6. The van der Waals surface area contributed by atoms with Gasteiger partial charge in [0, 0.05) is 26.3 Å². The van der Waals surface area contributed by atoms with Gasteiger partial charge in [0.1, 0.15) is 0 Å². The molecule has 2 saturated carbocycles. The summed E-state index contributed by atoms with van der Waals surface area (Å²) in [6.07, 6.45) is 4.88. The maximum Gasteiger partial charge on any atom is 0.0897 e. The summed E-state index contributed by atoms with van der Waals surface area (Å²) >= 11 is 0. The molecular weight excluding hydrogens is 218 g/mol. The molecule has 0 saturated heterocycles. The van der Waals surface area contributed by atoms with Gasteiger partial charge >= 0.3 is 0 Å². The van der Waals surface area contributed by atoms with Crippen molar-refractivity contribution < 1.29 is 14.6 Å². The van der Waals surface area contributed by atoms with Gasteiger partial charge in [0.05, 0.1) is 19.3 Å². The van der Waals surface area contributed by atoms with Crippen LogP contribution in [0.25, 0.3) is 0 Å². The molecule has 4 heteroatoms. The lowest BCUT2D eigenvalue weighted by Crippen LogP contribution is -2.32. The highest BCUT2D eigenvalue weighted by atomic mass is 16.5. The second-order valence-corrected chi connectivity index (χ2v) is 5.36. The SMILES string of the molecule is OC(CNCCOCC1CC1)COCC1CC1. The Bertz CT molecular complexity index is 205. The van der Waals surface area contributed by atoms with E-state index in [0.29, 0.717) is 13.2 Å². The fourth-order valence-corrected chi connectivity index (χ4v) is 1.66. The molecule has 4 nitrogen and oxygen atoms in total. The van der Waals surface area contributed by atoms with Gasteiger partial charge < -0.3 is 19.9 Å². The zero-order valence-electron chi connectivity index (χ0n) is 10.6. The van der Waals surface area contributed by atoms with Crippen molar-refractivity contribution in [1.82, 2.24) is 5.32 Å². The minimum absolute atomic E-state index is 0.391. The molecule has 0 aromatic rings. The Morgan fingerprint density at radius 2 is 1.71 bits per heavy atom. The van der Waals surface area contributed by atoms with Crippen LogP contribution in [0, 0.1) is 11.8 Å². The van der Waals surface area contributed by atoms with Crippen molar-refractivity contribution in [3.8, 4) is 0 Å². The summed E-state index contributed by atoms with van der Waals surface area (Å²) in [7, 11) is 0. The molecule has 0 bridgehead atoms. The van der Waals surface area contributed by atoms with Crippen LogP contribution in [0.4, 0.5) is 0 Å². The molecule has 100 valence electrons. The molecular formula is C13H25NO3. The second-order valence-electron chi connectivity index (χ2n) is 5.36. The van der Waals surface area contributed by atoms with Crippen molar-refractivity contribution in [2.75, 3.05) is 39.5 Å². The second kappa shape index (κ2) is 7.31. The Kier molecular flexibility index (Phi) is 5.71. The van der Waals surface area contributed by atoms with Crippen LogP contribution in [-0.2, 0) is 9.47 Å². The third kappa shape index (κ3) is 6.99. The predicted molar refractivity (Wildman–Crippen MR) is 66.0 cm³/mol. The van der Waals surface area contributed by atoms with Gasteiger partial charge in [-0.2, -0.15) is 0 Å². The van der Waals surface area contributed by atoms with Crippen molar-refractivity contribution in [2.24, 2.45) is 11.8 Å². The Labute approximate surface area is 104 Å². The largest absolute Gasteiger partial charge is 0.389 e. The van der Waals surface area contributed by atoms with E-state index in [-0.39, 0.29) is 0 Å². The van der Waals surface area contributed by atoms with Crippen LogP contribution in [-0.4, -0.2) is 50.7 Å². The van der Waals surface area contributed by atoms with E-state index in [9.17, 15) is 5.11 Å². The van der Waals surface area contributed by atoms with Gasteiger partial charge in [0.2, 0.25) is 0 Å². The van der Waals surface area contributed by atoms with E-state index < -0.39 is 6.10 Å². The Morgan fingerprint density at radius 3 is 2.35 bits per heavy atom. The molecule has 2 N–H and O–H groups in total. The first-order valence-corrected chi connectivity index (χ1v) is 6.89. The number of hydrogen-bond donors (Lipinski definition) is 2. The summed E-state index contributed by atoms with van der Waals surface area (Å²) in [5.41, 5.74) is 0. The first-order valence-electron chi connectivity index (χ1n) is 6.89. The molecule has 2 fully saturated rings. The summed E-state index contributed by atoms with van der Waals surface area (Å²) in [5, 5.41) is 12.8. The highest BCUT2D eigenvalue weighted by Gasteiger charge is 2.21. The highest BCUT2D eigenvalue weighted by Crippen LogP contribution is 2.29. The minimum atomic E-state index is -0.391.